The van der Waals surface area contributed by atoms with Crippen molar-refractivity contribution in [3.05, 3.63) is 29.6 Å². The van der Waals surface area contributed by atoms with E-state index in [1.54, 1.807) is 0 Å². The first-order valence-corrected chi connectivity index (χ1v) is 6.77. The van der Waals surface area contributed by atoms with E-state index in [1.807, 2.05) is 0 Å². The molecule has 1 aromatic carbocycles. The Labute approximate surface area is 108 Å². The number of fused-ring (bicyclic) bond motifs is 1. The average Bonchev–Trinajstić information content (AvgIpc) is 2.96. The first-order chi connectivity index (χ1) is 8.54. The quantitative estimate of drug-likeness (QED) is 0.807. The lowest BCUT2D eigenvalue weighted by Crippen LogP contribution is -2.13. The first-order valence-electron chi connectivity index (χ1n) is 6.77. The van der Waals surface area contributed by atoms with Crippen LogP contribution in [0.4, 0.5) is 0 Å². The van der Waals surface area contributed by atoms with Crippen LogP contribution < -0.4 is 5.32 Å². The Bertz CT molecular complexity index is 557. The third-order valence-electron chi connectivity index (χ3n) is 3.68. The highest BCUT2D eigenvalue weighted by atomic mass is 14.9. The number of hydrogen-bond acceptors (Lipinski definition) is 2. The van der Waals surface area contributed by atoms with E-state index < -0.39 is 0 Å². The van der Waals surface area contributed by atoms with Crippen LogP contribution in [0, 0.1) is 0 Å². The molecule has 18 heavy (non-hydrogen) atoms. The van der Waals surface area contributed by atoms with Gasteiger partial charge in [-0.15, -0.1) is 0 Å². The molecule has 3 rings (SSSR count). The van der Waals surface area contributed by atoms with Gasteiger partial charge in [0.25, 0.3) is 0 Å². The molecule has 1 unspecified atom stereocenters. The van der Waals surface area contributed by atoms with Gasteiger partial charge >= 0.3 is 0 Å². The summed E-state index contributed by atoms with van der Waals surface area (Å²) in [6, 6.07) is 7.12. The van der Waals surface area contributed by atoms with E-state index in [0.29, 0.717) is 6.04 Å². The van der Waals surface area contributed by atoms with Crippen LogP contribution >= 0.6 is 0 Å². The molecule has 0 bridgehead atoms. The van der Waals surface area contributed by atoms with Gasteiger partial charge in [-0.1, -0.05) is 26.8 Å². The average molecular weight is 243 g/mol. The number of aromatic nitrogens is 2. The van der Waals surface area contributed by atoms with Crippen LogP contribution in [0.15, 0.2) is 18.2 Å². The molecule has 1 fully saturated rings. The van der Waals surface area contributed by atoms with Gasteiger partial charge in [-0.2, -0.15) is 0 Å². The van der Waals surface area contributed by atoms with Crippen molar-refractivity contribution in [2.75, 3.05) is 6.54 Å². The molecule has 0 spiro atoms. The van der Waals surface area contributed by atoms with Gasteiger partial charge in [-0.05, 0) is 37.1 Å². The predicted molar refractivity (Wildman–Crippen MR) is 74.8 cm³/mol. The molecule has 1 aromatic heterocycles. The van der Waals surface area contributed by atoms with Crippen LogP contribution in [0.5, 0.6) is 0 Å². The summed E-state index contributed by atoms with van der Waals surface area (Å²) in [6.45, 7) is 7.69. The predicted octanol–water partition coefficient (Wildman–Crippen LogP) is 3.28. The van der Waals surface area contributed by atoms with Gasteiger partial charge < -0.3 is 10.3 Å². The molecule has 0 radical (unpaired) electrons. The Morgan fingerprint density at radius 3 is 2.78 bits per heavy atom. The molecule has 1 aliphatic heterocycles. The molecule has 3 heteroatoms. The zero-order valence-electron chi connectivity index (χ0n) is 11.4. The van der Waals surface area contributed by atoms with Crippen molar-refractivity contribution in [3.63, 3.8) is 0 Å². The van der Waals surface area contributed by atoms with Crippen molar-refractivity contribution in [2.45, 2.75) is 45.1 Å². The summed E-state index contributed by atoms with van der Waals surface area (Å²) in [5.41, 5.74) is 3.68. The smallest absolute Gasteiger partial charge is 0.112 e. The van der Waals surface area contributed by atoms with Crippen molar-refractivity contribution >= 4 is 11.0 Å². The maximum absolute atomic E-state index is 4.68. The van der Waals surface area contributed by atoms with Crippen molar-refractivity contribution in [3.8, 4) is 0 Å². The van der Waals surface area contributed by atoms with Crippen molar-refractivity contribution in [1.29, 1.82) is 0 Å². The molecule has 1 saturated heterocycles. The van der Waals surface area contributed by atoms with E-state index in [0.717, 1.165) is 23.4 Å². The molecule has 96 valence electrons. The number of nitrogens with zero attached hydrogens (tertiary/aromatic N) is 1. The number of benzene rings is 1. The van der Waals surface area contributed by atoms with Crippen molar-refractivity contribution < 1.29 is 0 Å². The monoisotopic (exact) mass is 243 g/mol. The minimum atomic E-state index is 0.0742. The number of imidazole rings is 1. The largest absolute Gasteiger partial charge is 0.342 e. The van der Waals surface area contributed by atoms with Gasteiger partial charge in [0, 0.05) is 11.5 Å². The minimum Gasteiger partial charge on any atom is -0.342 e. The van der Waals surface area contributed by atoms with Crippen LogP contribution in [0.1, 0.15) is 51.0 Å². The fourth-order valence-corrected chi connectivity index (χ4v) is 2.57. The summed E-state index contributed by atoms with van der Waals surface area (Å²) >= 11 is 0. The zero-order valence-corrected chi connectivity index (χ0v) is 11.4. The SMILES string of the molecule is CC(C)(C)c1nc2ccc(C3CCCN3)cc2[nH]1. The fraction of sp³-hybridized carbons (Fsp3) is 0.533. The molecule has 0 aliphatic carbocycles. The number of nitrogens with one attached hydrogen (secondary N) is 2. The topological polar surface area (TPSA) is 40.7 Å². The van der Waals surface area contributed by atoms with E-state index in [-0.39, 0.29) is 5.41 Å². The highest BCUT2D eigenvalue weighted by Crippen LogP contribution is 2.27. The number of aromatic amines is 1. The molecular formula is C15H21N3. The van der Waals surface area contributed by atoms with E-state index >= 15 is 0 Å². The summed E-state index contributed by atoms with van der Waals surface area (Å²) in [6.07, 6.45) is 2.52. The normalized spacial score (nSPS) is 20.7. The Balaban J connectivity index is 2.01. The van der Waals surface area contributed by atoms with E-state index in [4.69, 9.17) is 0 Å². The number of rotatable bonds is 1. The molecule has 0 saturated carbocycles. The Kier molecular flexibility index (Phi) is 2.67. The Hall–Kier alpha value is -1.35. The second-order valence-electron chi connectivity index (χ2n) is 6.26. The summed E-state index contributed by atoms with van der Waals surface area (Å²) in [5.74, 6) is 1.06. The van der Waals surface area contributed by atoms with Crippen LogP contribution in [0.2, 0.25) is 0 Å². The third-order valence-corrected chi connectivity index (χ3v) is 3.68. The summed E-state index contributed by atoms with van der Waals surface area (Å²) in [5, 5.41) is 3.54. The molecular weight excluding hydrogens is 222 g/mol. The third kappa shape index (κ3) is 2.03. The second kappa shape index (κ2) is 4.09. The van der Waals surface area contributed by atoms with Crippen molar-refractivity contribution in [2.24, 2.45) is 0 Å². The standard InChI is InChI=1S/C15H21N3/c1-15(2,3)14-17-12-7-6-10(9-13(12)18-14)11-5-4-8-16-11/h6-7,9,11,16H,4-5,8H2,1-3H3,(H,17,18). The summed E-state index contributed by atoms with van der Waals surface area (Å²) < 4.78 is 0. The van der Waals surface area contributed by atoms with Gasteiger partial charge in [0.15, 0.2) is 0 Å². The first kappa shape index (κ1) is 11.7. The van der Waals surface area contributed by atoms with Gasteiger partial charge in [-0.3, -0.25) is 0 Å². The Morgan fingerprint density at radius 2 is 2.11 bits per heavy atom. The Morgan fingerprint density at radius 1 is 1.28 bits per heavy atom. The molecule has 0 amide bonds. The van der Waals surface area contributed by atoms with Gasteiger partial charge in [0.1, 0.15) is 5.82 Å². The number of hydrogen-bond donors (Lipinski definition) is 2. The van der Waals surface area contributed by atoms with Crippen molar-refractivity contribution in [1.82, 2.24) is 15.3 Å². The maximum atomic E-state index is 4.68. The molecule has 1 atom stereocenters. The second-order valence-corrected chi connectivity index (χ2v) is 6.26. The highest BCUT2D eigenvalue weighted by Gasteiger charge is 2.20. The minimum absolute atomic E-state index is 0.0742. The van der Waals surface area contributed by atoms with Crippen LogP contribution in [0.25, 0.3) is 11.0 Å². The van der Waals surface area contributed by atoms with Crippen LogP contribution in [0.3, 0.4) is 0 Å². The summed E-state index contributed by atoms with van der Waals surface area (Å²) in [4.78, 5) is 8.14. The fourth-order valence-electron chi connectivity index (χ4n) is 2.57. The van der Waals surface area contributed by atoms with Gasteiger partial charge in [-0.25, -0.2) is 4.98 Å². The molecule has 3 nitrogen and oxygen atoms in total. The molecule has 2 heterocycles. The highest BCUT2D eigenvalue weighted by molar-refractivity contribution is 5.76. The lowest BCUT2D eigenvalue weighted by atomic mass is 9.96. The van der Waals surface area contributed by atoms with Crippen LogP contribution in [-0.2, 0) is 5.41 Å². The summed E-state index contributed by atoms with van der Waals surface area (Å²) in [7, 11) is 0. The zero-order chi connectivity index (χ0) is 12.8. The lowest BCUT2D eigenvalue weighted by molar-refractivity contribution is 0.554. The molecule has 1 aliphatic rings. The van der Waals surface area contributed by atoms with Gasteiger partial charge in [0.2, 0.25) is 0 Å². The lowest BCUT2D eigenvalue weighted by Gasteiger charge is -2.13. The number of H-pyrrole nitrogens is 1. The molecule has 2 aromatic rings. The van der Waals surface area contributed by atoms with E-state index in [9.17, 15) is 0 Å². The molecule has 2 N–H and O–H groups in total. The van der Waals surface area contributed by atoms with Crippen LogP contribution in [-0.4, -0.2) is 16.5 Å². The maximum Gasteiger partial charge on any atom is 0.112 e. The van der Waals surface area contributed by atoms with E-state index in [1.165, 1.54) is 18.4 Å². The van der Waals surface area contributed by atoms with Gasteiger partial charge in [0.05, 0.1) is 11.0 Å². The van der Waals surface area contributed by atoms with E-state index in [2.05, 4.69) is 54.3 Å².